The van der Waals surface area contributed by atoms with Gasteiger partial charge in [-0.2, -0.15) is 8.78 Å². The van der Waals surface area contributed by atoms with Crippen molar-refractivity contribution in [3.05, 3.63) is 35.9 Å². The number of aliphatic hydroxyl groups is 1. The predicted molar refractivity (Wildman–Crippen MR) is 63.1 cm³/mol. The monoisotopic (exact) mass is 258 g/mol. The number of nitrogens with one attached hydrogen (secondary N) is 1. The molecule has 18 heavy (non-hydrogen) atoms. The molecule has 1 unspecified atom stereocenters. The fourth-order valence-electron chi connectivity index (χ4n) is 1.57. The van der Waals surface area contributed by atoms with Crippen LogP contribution in [0, 0.1) is 0 Å². The lowest BCUT2D eigenvalue weighted by Gasteiger charge is -2.25. The van der Waals surface area contributed by atoms with Crippen LogP contribution in [0.15, 0.2) is 30.3 Å². The Morgan fingerprint density at radius 3 is 2.50 bits per heavy atom. The summed E-state index contributed by atoms with van der Waals surface area (Å²) in [5.41, 5.74) is 6.24. The van der Waals surface area contributed by atoms with Crippen LogP contribution in [-0.2, 0) is 11.2 Å². The van der Waals surface area contributed by atoms with Gasteiger partial charge in [0.15, 0.2) is 0 Å². The van der Waals surface area contributed by atoms with Gasteiger partial charge in [-0.1, -0.05) is 30.3 Å². The first-order valence-corrected chi connectivity index (χ1v) is 5.47. The zero-order valence-corrected chi connectivity index (χ0v) is 9.94. The Labute approximate surface area is 104 Å². The highest BCUT2D eigenvalue weighted by Gasteiger charge is 2.48. The van der Waals surface area contributed by atoms with Crippen molar-refractivity contribution in [2.45, 2.75) is 24.5 Å². The second-order valence-corrected chi connectivity index (χ2v) is 4.00. The average Bonchev–Trinajstić information content (AvgIpc) is 2.37. The largest absolute Gasteiger partial charge is 0.385 e. The first-order chi connectivity index (χ1) is 8.39. The second-order valence-electron chi connectivity index (χ2n) is 4.00. The number of carbonyl (C=O) groups excluding carboxylic acids is 1. The number of nitrogens with two attached hydrogens (primary N) is 1. The molecule has 0 saturated heterocycles. The van der Waals surface area contributed by atoms with E-state index in [2.05, 4.69) is 0 Å². The third-order valence-corrected chi connectivity index (χ3v) is 2.62. The van der Waals surface area contributed by atoms with Crippen LogP contribution in [0.2, 0.25) is 0 Å². The summed E-state index contributed by atoms with van der Waals surface area (Å²) in [4.78, 5) is 11.0. The highest BCUT2D eigenvalue weighted by atomic mass is 19.3. The van der Waals surface area contributed by atoms with Gasteiger partial charge in [-0.3, -0.25) is 4.79 Å². The molecule has 0 radical (unpaired) electrons. The SMILES string of the molecule is CNC(=O)C(F)(F)[C@H](O)C(N)Cc1ccccc1. The van der Waals surface area contributed by atoms with Crippen LogP contribution in [0.4, 0.5) is 8.78 Å². The number of hydrogen-bond donors (Lipinski definition) is 3. The van der Waals surface area contributed by atoms with Gasteiger partial charge in [0.2, 0.25) is 0 Å². The average molecular weight is 258 g/mol. The Morgan fingerprint density at radius 1 is 1.44 bits per heavy atom. The van der Waals surface area contributed by atoms with Crippen molar-refractivity contribution in [2.24, 2.45) is 5.73 Å². The van der Waals surface area contributed by atoms with Gasteiger partial charge < -0.3 is 16.2 Å². The Bertz CT molecular complexity index is 398. The first kappa shape index (κ1) is 14.5. The van der Waals surface area contributed by atoms with E-state index in [-0.39, 0.29) is 6.42 Å². The highest BCUT2D eigenvalue weighted by molar-refractivity contribution is 5.83. The third kappa shape index (κ3) is 3.24. The van der Waals surface area contributed by atoms with Gasteiger partial charge in [-0.05, 0) is 12.0 Å². The van der Waals surface area contributed by atoms with Gasteiger partial charge in [-0.15, -0.1) is 0 Å². The summed E-state index contributed by atoms with van der Waals surface area (Å²) in [5, 5.41) is 11.3. The molecule has 4 nitrogen and oxygen atoms in total. The van der Waals surface area contributed by atoms with Crippen molar-refractivity contribution in [1.29, 1.82) is 0 Å². The molecule has 0 aliphatic rings. The maximum atomic E-state index is 13.4. The number of hydrogen-bond acceptors (Lipinski definition) is 3. The number of halogens is 2. The van der Waals surface area contributed by atoms with Crippen LogP contribution in [0.25, 0.3) is 0 Å². The Hall–Kier alpha value is -1.53. The molecule has 0 saturated carbocycles. The lowest BCUT2D eigenvalue weighted by atomic mass is 9.97. The van der Waals surface area contributed by atoms with E-state index in [1.807, 2.05) is 0 Å². The fourth-order valence-corrected chi connectivity index (χ4v) is 1.57. The number of carbonyl (C=O) groups is 1. The molecule has 100 valence electrons. The zero-order valence-electron chi connectivity index (χ0n) is 9.94. The topological polar surface area (TPSA) is 75.3 Å². The normalized spacial score (nSPS) is 14.9. The van der Waals surface area contributed by atoms with E-state index < -0.39 is 24.0 Å². The summed E-state index contributed by atoms with van der Waals surface area (Å²) in [6.07, 6.45) is -2.16. The molecule has 1 aromatic carbocycles. The van der Waals surface area contributed by atoms with E-state index in [9.17, 15) is 18.7 Å². The Balaban J connectivity index is 2.72. The molecule has 6 heteroatoms. The quantitative estimate of drug-likeness (QED) is 0.711. The second kappa shape index (κ2) is 5.88. The summed E-state index contributed by atoms with van der Waals surface area (Å²) >= 11 is 0. The molecule has 4 N–H and O–H groups in total. The maximum absolute atomic E-state index is 13.4. The van der Waals surface area contributed by atoms with Gasteiger partial charge in [0.05, 0.1) is 0 Å². The van der Waals surface area contributed by atoms with E-state index in [0.29, 0.717) is 0 Å². The zero-order chi connectivity index (χ0) is 13.8. The molecule has 2 atom stereocenters. The van der Waals surface area contributed by atoms with Crippen LogP contribution >= 0.6 is 0 Å². The van der Waals surface area contributed by atoms with E-state index in [0.717, 1.165) is 12.6 Å². The summed E-state index contributed by atoms with van der Waals surface area (Å²) < 4.78 is 26.8. The molecule has 0 fully saturated rings. The smallest absolute Gasteiger partial charge is 0.351 e. The molecule has 0 aliphatic heterocycles. The van der Waals surface area contributed by atoms with Crippen LogP contribution < -0.4 is 11.1 Å². The molecule has 0 bridgehead atoms. The van der Waals surface area contributed by atoms with Crippen LogP contribution in [0.3, 0.4) is 0 Å². The molecule has 0 heterocycles. The van der Waals surface area contributed by atoms with Crippen molar-refractivity contribution < 1.29 is 18.7 Å². The van der Waals surface area contributed by atoms with Gasteiger partial charge in [0.25, 0.3) is 5.91 Å². The van der Waals surface area contributed by atoms with Gasteiger partial charge >= 0.3 is 5.92 Å². The minimum absolute atomic E-state index is 0.0641. The number of aliphatic hydroxyl groups excluding tert-OH is 1. The van der Waals surface area contributed by atoms with Crippen molar-refractivity contribution >= 4 is 5.91 Å². The predicted octanol–water partition coefficient (Wildman–Crippen LogP) is 0.299. The fraction of sp³-hybridized carbons (Fsp3) is 0.417. The van der Waals surface area contributed by atoms with Crippen molar-refractivity contribution in [2.75, 3.05) is 7.05 Å². The summed E-state index contributed by atoms with van der Waals surface area (Å²) in [6.45, 7) is 0. The summed E-state index contributed by atoms with van der Waals surface area (Å²) in [6, 6.07) is 7.47. The molecular weight excluding hydrogens is 242 g/mol. The van der Waals surface area contributed by atoms with E-state index >= 15 is 0 Å². The molecule has 0 aliphatic carbocycles. The Morgan fingerprint density at radius 2 is 2.00 bits per heavy atom. The van der Waals surface area contributed by atoms with E-state index in [1.54, 1.807) is 35.6 Å². The number of amides is 1. The van der Waals surface area contributed by atoms with Crippen LogP contribution in [0.5, 0.6) is 0 Å². The molecule has 0 spiro atoms. The van der Waals surface area contributed by atoms with Gasteiger partial charge in [0, 0.05) is 13.1 Å². The first-order valence-electron chi connectivity index (χ1n) is 5.47. The van der Waals surface area contributed by atoms with Crippen LogP contribution in [-0.4, -0.2) is 36.1 Å². The Kier molecular flexibility index (Phi) is 4.75. The van der Waals surface area contributed by atoms with Crippen molar-refractivity contribution in [3.8, 4) is 0 Å². The summed E-state index contributed by atoms with van der Waals surface area (Å²) in [7, 11) is 1.08. The van der Waals surface area contributed by atoms with Gasteiger partial charge in [0.1, 0.15) is 6.10 Å². The third-order valence-electron chi connectivity index (χ3n) is 2.62. The number of alkyl halides is 2. The van der Waals surface area contributed by atoms with Gasteiger partial charge in [-0.25, -0.2) is 0 Å². The lowest BCUT2D eigenvalue weighted by Crippen LogP contribution is -2.55. The number of rotatable bonds is 5. The highest BCUT2D eigenvalue weighted by Crippen LogP contribution is 2.22. The molecular formula is C12H16F2N2O2. The minimum atomic E-state index is -3.90. The molecule has 0 aromatic heterocycles. The molecule has 1 rings (SSSR count). The molecule has 1 amide bonds. The van der Waals surface area contributed by atoms with Crippen molar-refractivity contribution in [1.82, 2.24) is 5.32 Å². The summed E-state index contributed by atoms with van der Waals surface area (Å²) in [5.74, 6) is -5.44. The van der Waals surface area contributed by atoms with Crippen molar-refractivity contribution in [3.63, 3.8) is 0 Å². The van der Waals surface area contributed by atoms with E-state index in [4.69, 9.17) is 5.73 Å². The van der Waals surface area contributed by atoms with E-state index in [1.165, 1.54) is 0 Å². The van der Waals surface area contributed by atoms with Crippen LogP contribution in [0.1, 0.15) is 5.56 Å². The standard InChI is InChI=1S/C12H16F2N2O2/c1-16-11(18)12(13,14)10(17)9(15)7-8-5-3-2-4-6-8/h2-6,9-10,17H,7,15H2,1H3,(H,16,18)/t9?,10-/m1/s1. The lowest BCUT2D eigenvalue weighted by molar-refractivity contribution is -0.165. The maximum Gasteiger partial charge on any atom is 0.351 e. The minimum Gasteiger partial charge on any atom is -0.385 e. The molecule has 1 aromatic rings. The number of benzene rings is 1.